The van der Waals surface area contributed by atoms with E-state index in [0.29, 0.717) is 0 Å². The number of aryl methyl sites for hydroxylation is 1. The number of anilines is 2. The van der Waals surface area contributed by atoms with Crippen molar-refractivity contribution in [3.63, 3.8) is 0 Å². The molecule has 0 aromatic carbocycles. The van der Waals surface area contributed by atoms with Gasteiger partial charge in [-0.25, -0.2) is 9.97 Å². The summed E-state index contributed by atoms with van der Waals surface area (Å²) < 4.78 is 0. The van der Waals surface area contributed by atoms with Crippen LogP contribution in [0.25, 0.3) is 0 Å². The first-order valence-electron chi connectivity index (χ1n) is 5.65. The molecule has 1 aliphatic heterocycles. The fraction of sp³-hybridized carbons (Fsp3) is 0.636. The maximum Gasteiger partial charge on any atom is 0.134 e. The number of aliphatic hydroxyl groups excluding tert-OH is 1. The monoisotopic (exact) mass is 222 g/mol. The Morgan fingerprint density at radius 3 is 3.06 bits per heavy atom. The van der Waals surface area contributed by atoms with E-state index in [-0.39, 0.29) is 12.6 Å². The Hall–Kier alpha value is -1.36. The molecule has 0 amide bonds. The van der Waals surface area contributed by atoms with Gasteiger partial charge in [-0.05, 0) is 19.8 Å². The minimum absolute atomic E-state index is 0.192. The minimum atomic E-state index is 0.192. The van der Waals surface area contributed by atoms with Crippen LogP contribution in [0.2, 0.25) is 0 Å². The Morgan fingerprint density at radius 2 is 2.38 bits per heavy atom. The minimum Gasteiger partial charge on any atom is -0.394 e. The summed E-state index contributed by atoms with van der Waals surface area (Å²) in [5.41, 5.74) is 0. The third kappa shape index (κ3) is 2.09. The Kier molecular flexibility index (Phi) is 3.24. The lowest BCUT2D eigenvalue weighted by molar-refractivity contribution is 0.266. The summed E-state index contributed by atoms with van der Waals surface area (Å²) in [5.74, 6) is 2.49. The summed E-state index contributed by atoms with van der Waals surface area (Å²) in [4.78, 5) is 10.9. The standard InChI is InChI=1S/C11H18N4O/c1-8-13-10(12-2)6-11(14-8)15-5-3-4-9(15)7-16/h6,9,16H,3-5,7H2,1-2H3,(H,12,13,14). The lowest BCUT2D eigenvalue weighted by Crippen LogP contribution is -2.33. The zero-order valence-electron chi connectivity index (χ0n) is 9.77. The number of hydrogen-bond donors (Lipinski definition) is 2. The molecular formula is C11H18N4O. The van der Waals surface area contributed by atoms with Crippen molar-refractivity contribution in [1.82, 2.24) is 9.97 Å². The highest BCUT2D eigenvalue weighted by Crippen LogP contribution is 2.25. The van der Waals surface area contributed by atoms with Crippen LogP contribution in [0.1, 0.15) is 18.7 Å². The van der Waals surface area contributed by atoms with Crippen molar-refractivity contribution >= 4 is 11.6 Å². The lowest BCUT2D eigenvalue weighted by Gasteiger charge is -2.24. The average molecular weight is 222 g/mol. The van der Waals surface area contributed by atoms with Gasteiger partial charge in [0.15, 0.2) is 0 Å². The molecule has 2 N–H and O–H groups in total. The van der Waals surface area contributed by atoms with Gasteiger partial charge in [-0.2, -0.15) is 0 Å². The Balaban J connectivity index is 2.28. The smallest absolute Gasteiger partial charge is 0.134 e. The highest BCUT2D eigenvalue weighted by Gasteiger charge is 2.25. The second-order valence-electron chi connectivity index (χ2n) is 4.08. The van der Waals surface area contributed by atoms with Crippen molar-refractivity contribution in [3.05, 3.63) is 11.9 Å². The molecule has 2 heterocycles. The number of nitrogens with one attached hydrogen (secondary N) is 1. The first-order chi connectivity index (χ1) is 7.74. The molecule has 0 saturated carbocycles. The van der Waals surface area contributed by atoms with Gasteiger partial charge in [-0.3, -0.25) is 0 Å². The van der Waals surface area contributed by atoms with Gasteiger partial charge in [0.2, 0.25) is 0 Å². The molecule has 1 unspecified atom stereocenters. The van der Waals surface area contributed by atoms with E-state index in [4.69, 9.17) is 0 Å². The van der Waals surface area contributed by atoms with Gasteiger partial charge in [0.25, 0.3) is 0 Å². The molecule has 1 aliphatic rings. The van der Waals surface area contributed by atoms with E-state index in [1.54, 1.807) is 0 Å². The van der Waals surface area contributed by atoms with Crippen molar-refractivity contribution in [2.45, 2.75) is 25.8 Å². The summed E-state index contributed by atoms with van der Waals surface area (Å²) in [6.07, 6.45) is 2.15. The molecule has 16 heavy (non-hydrogen) atoms. The average Bonchev–Trinajstić information content (AvgIpc) is 2.76. The molecule has 1 atom stereocenters. The topological polar surface area (TPSA) is 61.3 Å². The van der Waals surface area contributed by atoms with Crippen LogP contribution in [0.3, 0.4) is 0 Å². The number of aromatic nitrogens is 2. The Labute approximate surface area is 95.5 Å². The van der Waals surface area contributed by atoms with Gasteiger partial charge in [-0.1, -0.05) is 0 Å². The predicted octanol–water partition coefficient (Wildman–Crippen LogP) is 0.788. The van der Waals surface area contributed by atoms with Crippen LogP contribution in [0, 0.1) is 6.92 Å². The van der Waals surface area contributed by atoms with Gasteiger partial charge < -0.3 is 15.3 Å². The first kappa shape index (κ1) is 11.1. The highest BCUT2D eigenvalue weighted by molar-refractivity contribution is 5.50. The number of nitrogens with zero attached hydrogens (tertiary/aromatic N) is 3. The summed E-state index contributed by atoms with van der Waals surface area (Å²) >= 11 is 0. The van der Waals surface area contributed by atoms with Crippen molar-refractivity contribution in [3.8, 4) is 0 Å². The number of rotatable bonds is 3. The quantitative estimate of drug-likeness (QED) is 0.791. The maximum atomic E-state index is 9.29. The largest absolute Gasteiger partial charge is 0.394 e. The summed E-state index contributed by atoms with van der Waals surface area (Å²) in [5, 5.41) is 12.3. The van der Waals surface area contributed by atoms with Gasteiger partial charge in [0.05, 0.1) is 12.6 Å². The molecule has 0 bridgehead atoms. The molecule has 1 saturated heterocycles. The SMILES string of the molecule is CNc1cc(N2CCCC2CO)nc(C)n1. The fourth-order valence-corrected chi connectivity index (χ4v) is 2.15. The highest BCUT2D eigenvalue weighted by atomic mass is 16.3. The molecule has 5 nitrogen and oxygen atoms in total. The molecule has 1 aromatic heterocycles. The second kappa shape index (κ2) is 4.65. The molecule has 1 aromatic rings. The predicted molar refractivity (Wildman–Crippen MR) is 63.8 cm³/mol. The molecular weight excluding hydrogens is 204 g/mol. The zero-order chi connectivity index (χ0) is 11.5. The van der Waals surface area contributed by atoms with Gasteiger partial charge >= 0.3 is 0 Å². The summed E-state index contributed by atoms with van der Waals surface area (Å²) in [6, 6.07) is 2.14. The van der Waals surface area contributed by atoms with Crippen LogP contribution < -0.4 is 10.2 Å². The third-order valence-corrected chi connectivity index (χ3v) is 2.96. The van der Waals surface area contributed by atoms with E-state index in [1.165, 1.54) is 0 Å². The fourth-order valence-electron chi connectivity index (χ4n) is 2.15. The molecule has 0 radical (unpaired) electrons. The van der Waals surface area contributed by atoms with Gasteiger partial charge in [0, 0.05) is 19.7 Å². The number of aliphatic hydroxyl groups is 1. The second-order valence-corrected chi connectivity index (χ2v) is 4.08. The molecule has 0 aliphatic carbocycles. The van der Waals surface area contributed by atoms with Crippen molar-refractivity contribution in [2.24, 2.45) is 0 Å². The van der Waals surface area contributed by atoms with Crippen LogP contribution in [0.4, 0.5) is 11.6 Å². The van der Waals surface area contributed by atoms with E-state index in [9.17, 15) is 5.11 Å². The van der Waals surface area contributed by atoms with Crippen molar-refractivity contribution in [2.75, 3.05) is 30.4 Å². The molecule has 88 valence electrons. The maximum absolute atomic E-state index is 9.29. The van der Waals surface area contributed by atoms with E-state index in [2.05, 4.69) is 20.2 Å². The van der Waals surface area contributed by atoms with Crippen LogP contribution in [-0.2, 0) is 0 Å². The number of hydrogen-bond acceptors (Lipinski definition) is 5. The summed E-state index contributed by atoms with van der Waals surface area (Å²) in [7, 11) is 1.85. The molecule has 0 spiro atoms. The van der Waals surface area contributed by atoms with Crippen LogP contribution >= 0.6 is 0 Å². The van der Waals surface area contributed by atoms with E-state index >= 15 is 0 Å². The van der Waals surface area contributed by atoms with Gasteiger partial charge in [0.1, 0.15) is 17.5 Å². The van der Waals surface area contributed by atoms with E-state index in [0.717, 1.165) is 36.8 Å². The third-order valence-electron chi connectivity index (χ3n) is 2.96. The van der Waals surface area contributed by atoms with Crippen molar-refractivity contribution in [1.29, 1.82) is 0 Å². The Morgan fingerprint density at radius 1 is 1.56 bits per heavy atom. The summed E-state index contributed by atoms with van der Waals surface area (Å²) in [6.45, 7) is 3.04. The molecule has 5 heteroatoms. The van der Waals surface area contributed by atoms with Gasteiger partial charge in [-0.15, -0.1) is 0 Å². The first-order valence-corrected chi connectivity index (χ1v) is 5.65. The Bertz CT molecular complexity index is 369. The van der Waals surface area contributed by atoms with Crippen LogP contribution in [-0.4, -0.2) is 41.3 Å². The van der Waals surface area contributed by atoms with Crippen LogP contribution in [0.15, 0.2) is 6.07 Å². The molecule has 1 fully saturated rings. The van der Waals surface area contributed by atoms with Crippen LogP contribution in [0.5, 0.6) is 0 Å². The normalized spacial score (nSPS) is 20.2. The van der Waals surface area contributed by atoms with E-state index < -0.39 is 0 Å². The van der Waals surface area contributed by atoms with Crippen molar-refractivity contribution < 1.29 is 5.11 Å². The lowest BCUT2D eigenvalue weighted by atomic mass is 10.2. The van der Waals surface area contributed by atoms with E-state index in [1.807, 2.05) is 20.0 Å². The molecule has 2 rings (SSSR count). The zero-order valence-corrected chi connectivity index (χ0v) is 9.77.